The highest BCUT2D eigenvalue weighted by molar-refractivity contribution is 6.39. The maximum absolute atomic E-state index is 12.0. The number of carbonyl (C=O) groups excluding carboxylic acids is 1. The van der Waals surface area contributed by atoms with Gasteiger partial charge in [0.15, 0.2) is 0 Å². The van der Waals surface area contributed by atoms with E-state index in [0.717, 1.165) is 11.4 Å². The van der Waals surface area contributed by atoms with Gasteiger partial charge in [-0.25, -0.2) is 0 Å². The Labute approximate surface area is 146 Å². The molecule has 0 unspecified atom stereocenters. The standard InChI is InChI=1S/C17H19Cl2N3O/c1-22(2)13-8-6-12(7-9-13)20-11-10-16(23)21-17-14(18)4-3-5-15(17)19/h3-9,20H,10-11H2,1-2H3,(H,21,23). The van der Waals surface area contributed by atoms with Crippen molar-refractivity contribution in [3.63, 3.8) is 0 Å². The quantitative estimate of drug-likeness (QED) is 0.805. The number of hydrogen-bond acceptors (Lipinski definition) is 3. The molecule has 0 aliphatic carbocycles. The molecule has 0 heterocycles. The van der Waals surface area contributed by atoms with Gasteiger partial charge >= 0.3 is 0 Å². The second-order valence-electron chi connectivity index (χ2n) is 5.26. The first-order chi connectivity index (χ1) is 11.0. The number of benzene rings is 2. The van der Waals surface area contributed by atoms with Crippen molar-refractivity contribution >= 4 is 46.2 Å². The average Bonchev–Trinajstić information content (AvgIpc) is 2.51. The highest BCUT2D eigenvalue weighted by Crippen LogP contribution is 2.29. The maximum atomic E-state index is 12.0. The number of hydrogen-bond donors (Lipinski definition) is 2. The van der Waals surface area contributed by atoms with Gasteiger partial charge in [0.1, 0.15) is 0 Å². The van der Waals surface area contributed by atoms with Crippen molar-refractivity contribution in [1.29, 1.82) is 0 Å². The molecule has 0 fully saturated rings. The topological polar surface area (TPSA) is 44.4 Å². The van der Waals surface area contributed by atoms with Gasteiger partial charge in [-0.15, -0.1) is 0 Å². The molecule has 0 saturated heterocycles. The Hall–Kier alpha value is -1.91. The van der Waals surface area contributed by atoms with Crippen LogP contribution in [0.5, 0.6) is 0 Å². The van der Waals surface area contributed by atoms with E-state index in [0.29, 0.717) is 28.7 Å². The zero-order valence-corrected chi connectivity index (χ0v) is 14.6. The van der Waals surface area contributed by atoms with E-state index in [1.54, 1.807) is 18.2 Å². The monoisotopic (exact) mass is 351 g/mol. The molecule has 23 heavy (non-hydrogen) atoms. The third kappa shape index (κ3) is 5.05. The van der Waals surface area contributed by atoms with E-state index in [2.05, 4.69) is 10.6 Å². The SMILES string of the molecule is CN(C)c1ccc(NCCC(=O)Nc2c(Cl)cccc2Cl)cc1. The summed E-state index contributed by atoms with van der Waals surface area (Å²) in [6.07, 6.45) is 0.316. The molecule has 0 radical (unpaired) electrons. The normalized spacial score (nSPS) is 10.3. The van der Waals surface area contributed by atoms with Crippen molar-refractivity contribution in [1.82, 2.24) is 0 Å². The Morgan fingerprint density at radius 1 is 1.04 bits per heavy atom. The van der Waals surface area contributed by atoms with E-state index in [-0.39, 0.29) is 5.91 Å². The fourth-order valence-corrected chi connectivity index (χ4v) is 2.51. The van der Waals surface area contributed by atoms with Crippen LogP contribution in [0.15, 0.2) is 42.5 Å². The Morgan fingerprint density at radius 3 is 2.22 bits per heavy atom. The summed E-state index contributed by atoms with van der Waals surface area (Å²) in [6, 6.07) is 13.1. The largest absolute Gasteiger partial charge is 0.385 e. The van der Waals surface area contributed by atoms with Gasteiger partial charge in [0.2, 0.25) is 5.91 Å². The number of halogens is 2. The van der Waals surface area contributed by atoms with Crippen LogP contribution in [0.4, 0.5) is 17.1 Å². The molecule has 1 amide bonds. The van der Waals surface area contributed by atoms with Crippen LogP contribution in [-0.2, 0) is 4.79 Å². The van der Waals surface area contributed by atoms with E-state index < -0.39 is 0 Å². The maximum Gasteiger partial charge on any atom is 0.226 e. The summed E-state index contributed by atoms with van der Waals surface area (Å²) in [5, 5.41) is 6.81. The lowest BCUT2D eigenvalue weighted by atomic mass is 10.2. The van der Waals surface area contributed by atoms with Crippen LogP contribution >= 0.6 is 23.2 Å². The number of amides is 1. The van der Waals surface area contributed by atoms with Crippen molar-refractivity contribution < 1.29 is 4.79 Å². The minimum absolute atomic E-state index is 0.141. The number of rotatable bonds is 6. The Balaban J connectivity index is 1.83. The molecule has 0 aliphatic rings. The Bertz CT molecular complexity index is 652. The summed E-state index contributed by atoms with van der Waals surface area (Å²) in [6.45, 7) is 0.523. The second-order valence-corrected chi connectivity index (χ2v) is 6.08. The van der Waals surface area contributed by atoms with Crippen LogP contribution in [0, 0.1) is 0 Å². The minimum Gasteiger partial charge on any atom is -0.385 e. The number of nitrogens with one attached hydrogen (secondary N) is 2. The van der Waals surface area contributed by atoms with Crippen molar-refractivity contribution in [2.24, 2.45) is 0 Å². The summed E-state index contributed by atoms with van der Waals surface area (Å²) in [7, 11) is 3.99. The first kappa shape index (κ1) is 17.4. The number of para-hydroxylation sites is 1. The van der Waals surface area contributed by atoms with Crippen LogP contribution < -0.4 is 15.5 Å². The van der Waals surface area contributed by atoms with Gasteiger partial charge in [0.05, 0.1) is 15.7 Å². The van der Waals surface area contributed by atoms with Crippen LogP contribution in [0.25, 0.3) is 0 Å². The molecule has 0 bridgehead atoms. The van der Waals surface area contributed by atoms with Crippen LogP contribution in [-0.4, -0.2) is 26.5 Å². The average molecular weight is 352 g/mol. The van der Waals surface area contributed by atoms with E-state index in [1.165, 1.54) is 0 Å². The zero-order valence-electron chi connectivity index (χ0n) is 13.1. The Kier molecular flexibility index (Phi) is 6.13. The second kappa shape index (κ2) is 8.09. The Morgan fingerprint density at radius 2 is 1.65 bits per heavy atom. The predicted molar refractivity (Wildman–Crippen MR) is 99.0 cm³/mol. The van der Waals surface area contributed by atoms with E-state index in [1.807, 2.05) is 43.3 Å². The van der Waals surface area contributed by atoms with Crippen molar-refractivity contribution in [2.45, 2.75) is 6.42 Å². The molecule has 2 aromatic rings. The van der Waals surface area contributed by atoms with Gasteiger partial charge in [-0.05, 0) is 36.4 Å². The van der Waals surface area contributed by atoms with Gasteiger partial charge in [0.25, 0.3) is 0 Å². The highest BCUT2D eigenvalue weighted by Gasteiger charge is 2.09. The third-order valence-electron chi connectivity index (χ3n) is 3.29. The highest BCUT2D eigenvalue weighted by atomic mass is 35.5. The molecule has 0 aromatic heterocycles. The van der Waals surface area contributed by atoms with Gasteiger partial charge in [-0.3, -0.25) is 4.79 Å². The lowest BCUT2D eigenvalue weighted by molar-refractivity contribution is -0.115. The van der Waals surface area contributed by atoms with Crippen molar-refractivity contribution in [3.8, 4) is 0 Å². The number of anilines is 3. The molecular weight excluding hydrogens is 333 g/mol. The first-order valence-electron chi connectivity index (χ1n) is 7.22. The summed E-state index contributed by atoms with van der Waals surface area (Å²) in [4.78, 5) is 14.0. The first-order valence-corrected chi connectivity index (χ1v) is 7.98. The summed E-state index contributed by atoms with van der Waals surface area (Å²) < 4.78 is 0. The molecule has 6 heteroatoms. The summed E-state index contributed by atoms with van der Waals surface area (Å²) in [5.74, 6) is -0.141. The fourth-order valence-electron chi connectivity index (χ4n) is 2.02. The number of nitrogens with zero attached hydrogens (tertiary/aromatic N) is 1. The molecule has 0 saturated carbocycles. The molecule has 2 rings (SSSR count). The fraction of sp³-hybridized carbons (Fsp3) is 0.235. The minimum atomic E-state index is -0.141. The smallest absolute Gasteiger partial charge is 0.226 e. The van der Waals surface area contributed by atoms with Gasteiger partial charge < -0.3 is 15.5 Å². The predicted octanol–water partition coefficient (Wildman–Crippen LogP) is 4.50. The van der Waals surface area contributed by atoms with Crippen LogP contribution in [0.2, 0.25) is 10.0 Å². The van der Waals surface area contributed by atoms with Crippen LogP contribution in [0.1, 0.15) is 6.42 Å². The molecule has 0 aliphatic heterocycles. The third-order valence-corrected chi connectivity index (χ3v) is 3.92. The van der Waals surface area contributed by atoms with Gasteiger partial charge in [-0.1, -0.05) is 29.3 Å². The molecule has 2 N–H and O–H groups in total. The molecule has 2 aromatic carbocycles. The molecule has 0 atom stereocenters. The zero-order chi connectivity index (χ0) is 16.8. The molecule has 4 nitrogen and oxygen atoms in total. The summed E-state index contributed by atoms with van der Waals surface area (Å²) in [5.41, 5.74) is 2.55. The molecule has 0 spiro atoms. The van der Waals surface area contributed by atoms with Crippen LogP contribution in [0.3, 0.4) is 0 Å². The lowest BCUT2D eigenvalue weighted by Crippen LogP contribution is -2.16. The van der Waals surface area contributed by atoms with E-state index >= 15 is 0 Å². The summed E-state index contributed by atoms with van der Waals surface area (Å²) >= 11 is 12.1. The van der Waals surface area contributed by atoms with Gasteiger partial charge in [-0.2, -0.15) is 0 Å². The van der Waals surface area contributed by atoms with Gasteiger partial charge in [0, 0.05) is 38.4 Å². The molecule has 122 valence electrons. The van der Waals surface area contributed by atoms with E-state index in [4.69, 9.17) is 23.2 Å². The van der Waals surface area contributed by atoms with Crippen molar-refractivity contribution in [3.05, 3.63) is 52.5 Å². The lowest BCUT2D eigenvalue weighted by Gasteiger charge is -2.13. The number of carbonyl (C=O) groups is 1. The molecular formula is C17H19Cl2N3O. The van der Waals surface area contributed by atoms with E-state index in [9.17, 15) is 4.79 Å². The van der Waals surface area contributed by atoms with Crippen molar-refractivity contribution in [2.75, 3.05) is 36.2 Å².